The molecule has 0 saturated carbocycles. The number of likely N-dealkylation sites (tertiary alicyclic amines) is 1. The molecule has 7 nitrogen and oxygen atoms in total. The van der Waals surface area contributed by atoms with Crippen molar-refractivity contribution < 1.29 is 13.9 Å². The second-order valence-electron chi connectivity index (χ2n) is 9.91. The highest BCUT2D eigenvalue weighted by Gasteiger charge is 2.26. The van der Waals surface area contributed by atoms with Crippen LogP contribution in [0.3, 0.4) is 0 Å². The number of carbonyl (C=O) groups excluding carboxylic acids is 1. The summed E-state index contributed by atoms with van der Waals surface area (Å²) >= 11 is 0. The number of nitrogens with one attached hydrogen (secondary N) is 1. The molecule has 1 saturated heterocycles. The Morgan fingerprint density at radius 2 is 1.81 bits per heavy atom. The van der Waals surface area contributed by atoms with Gasteiger partial charge in [-0.1, -0.05) is 24.3 Å². The number of hydrogen-bond donors (Lipinski definition) is 1. The highest BCUT2D eigenvalue weighted by Crippen LogP contribution is 2.24. The molecule has 4 rings (SSSR count). The number of fused-ring (bicyclic) bond motifs is 1. The van der Waals surface area contributed by atoms with Crippen LogP contribution >= 0.6 is 0 Å². The molecule has 1 aromatic carbocycles. The summed E-state index contributed by atoms with van der Waals surface area (Å²) in [6.45, 7) is 10.1. The average molecular weight is 440 g/mol. The van der Waals surface area contributed by atoms with Gasteiger partial charge in [-0.2, -0.15) is 0 Å². The zero-order valence-corrected chi connectivity index (χ0v) is 19.2. The van der Waals surface area contributed by atoms with E-state index in [1.54, 1.807) is 0 Å². The first-order chi connectivity index (χ1) is 15.3. The van der Waals surface area contributed by atoms with Crippen molar-refractivity contribution in [1.82, 2.24) is 15.1 Å². The number of rotatable bonds is 5. The van der Waals surface area contributed by atoms with Gasteiger partial charge < -0.3 is 19.4 Å². The number of urea groups is 1. The van der Waals surface area contributed by atoms with Gasteiger partial charge in [-0.05, 0) is 50.7 Å². The highest BCUT2D eigenvalue weighted by molar-refractivity contribution is 5.75. The summed E-state index contributed by atoms with van der Waals surface area (Å²) in [5.74, 6) is 1.22. The van der Waals surface area contributed by atoms with Crippen molar-refractivity contribution in [3.63, 3.8) is 0 Å². The fourth-order valence-electron chi connectivity index (χ4n) is 4.27. The monoisotopic (exact) mass is 439 g/mol. The molecule has 0 aliphatic carbocycles. The second-order valence-corrected chi connectivity index (χ2v) is 9.91. The van der Waals surface area contributed by atoms with Crippen LogP contribution in [0.25, 0.3) is 0 Å². The van der Waals surface area contributed by atoms with Crippen LogP contribution in [0.1, 0.15) is 50.5 Å². The van der Waals surface area contributed by atoms with Crippen molar-refractivity contribution in [1.29, 1.82) is 0 Å². The van der Waals surface area contributed by atoms with Gasteiger partial charge in [0.15, 0.2) is 0 Å². The van der Waals surface area contributed by atoms with Crippen molar-refractivity contribution in [2.45, 2.75) is 58.8 Å². The van der Waals surface area contributed by atoms with Crippen LogP contribution in [0.4, 0.5) is 4.79 Å². The minimum Gasteiger partial charge on any atom is -0.486 e. The fraction of sp³-hybridized carbons (Fsp3) is 0.520. The molecule has 0 unspecified atom stereocenters. The molecular formula is C25H33N3O4. The van der Waals surface area contributed by atoms with Gasteiger partial charge in [0.2, 0.25) is 11.2 Å². The molecule has 7 heteroatoms. The van der Waals surface area contributed by atoms with Gasteiger partial charge >= 0.3 is 6.03 Å². The number of amides is 2. The molecule has 2 aliphatic heterocycles. The van der Waals surface area contributed by atoms with Crippen molar-refractivity contribution in [3.05, 3.63) is 63.7 Å². The lowest BCUT2D eigenvalue weighted by Crippen LogP contribution is -2.51. The maximum Gasteiger partial charge on any atom is 0.317 e. The summed E-state index contributed by atoms with van der Waals surface area (Å²) in [6, 6.07) is 9.92. The van der Waals surface area contributed by atoms with E-state index in [4.69, 9.17) is 9.15 Å². The molecular weight excluding hydrogens is 406 g/mol. The second kappa shape index (κ2) is 9.36. The minimum atomic E-state index is -0.240. The highest BCUT2D eigenvalue weighted by atomic mass is 16.5. The molecule has 0 spiro atoms. The Morgan fingerprint density at radius 3 is 2.41 bits per heavy atom. The van der Waals surface area contributed by atoms with Crippen LogP contribution in [0.2, 0.25) is 0 Å². The van der Waals surface area contributed by atoms with Gasteiger partial charge in [-0.25, -0.2) is 4.79 Å². The molecule has 0 atom stereocenters. The predicted molar refractivity (Wildman–Crippen MR) is 122 cm³/mol. The van der Waals surface area contributed by atoms with E-state index in [2.05, 4.69) is 34.5 Å². The van der Waals surface area contributed by atoms with Crippen LogP contribution < -0.4 is 15.5 Å². The largest absolute Gasteiger partial charge is 0.486 e. The fourth-order valence-corrected chi connectivity index (χ4v) is 4.27. The average Bonchev–Trinajstić information content (AvgIpc) is 3.14. The summed E-state index contributed by atoms with van der Waals surface area (Å²) < 4.78 is 11.5. The molecule has 2 aromatic rings. The molecule has 3 heterocycles. The third-order valence-corrected chi connectivity index (χ3v) is 6.00. The molecule has 32 heavy (non-hydrogen) atoms. The number of ether oxygens (including phenoxy) is 1. The lowest BCUT2D eigenvalue weighted by molar-refractivity contribution is 0.139. The topological polar surface area (TPSA) is 75.0 Å². The lowest BCUT2D eigenvalue weighted by Gasteiger charge is -2.34. The zero-order chi connectivity index (χ0) is 22.7. The Kier molecular flexibility index (Phi) is 6.55. The van der Waals surface area contributed by atoms with Crippen molar-refractivity contribution in [3.8, 4) is 5.75 Å². The summed E-state index contributed by atoms with van der Waals surface area (Å²) in [7, 11) is 0. The molecule has 1 fully saturated rings. The first-order valence-corrected chi connectivity index (χ1v) is 11.4. The van der Waals surface area contributed by atoms with Gasteiger partial charge in [-0.3, -0.25) is 9.69 Å². The Morgan fingerprint density at radius 1 is 1.16 bits per heavy atom. The van der Waals surface area contributed by atoms with E-state index in [1.807, 2.05) is 25.7 Å². The number of benzene rings is 1. The molecule has 1 aromatic heterocycles. The van der Waals surface area contributed by atoms with Gasteiger partial charge in [0, 0.05) is 37.8 Å². The lowest BCUT2D eigenvalue weighted by atomic mass is 9.98. The normalized spacial score (nSPS) is 17.3. The van der Waals surface area contributed by atoms with Gasteiger partial charge in [0.05, 0.1) is 13.2 Å². The third-order valence-electron chi connectivity index (χ3n) is 6.00. The van der Waals surface area contributed by atoms with Crippen molar-refractivity contribution >= 4 is 6.03 Å². The van der Waals surface area contributed by atoms with E-state index < -0.39 is 0 Å². The molecule has 2 amide bonds. The summed E-state index contributed by atoms with van der Waals surface area (Å²) in [4.78, 5) is 28.9. The first kappa shape index (κ1) is 22.4. The van der Waals surface area contributed by atoms with Crippen LogP contribution in [0.5, 0.6) is 5.75 Å². The SMILES string of the molecule is CC(C)(C)NC(=O)N1CCC(COc2coc(CN3Cc4ccccc4C3)cc2=O)CC1. The van der Waals surface area contributed by atoms with E-state index >= 15 is 0 Å². The summed E-state index contributed by atoms with van der Waals surface area (Å²) in [5.41, 5.74) is 2.27. The Hall–Kier alpha value is -2.80. The van der Waals surface area contributed by atoms with E-state index in [1.165, 1.54) is 23.5 Å². The Bertz CT molecular complexity index is 978. The smallest absolute Gasteiger partial charge is 0.317 e. The van der Waals surface area contributed by atoms with Crippen LogP contribution in [-0.4, -0.2) is 41.1 Å². The van der Waals surface area contributed by atoms with Crippen molar-refractivity contribution in [2.75, 3.05) is 19.7 Å². The number of nitrogens with zero attached hydrogens (tertiary/aromatic N) is 2. The van der Waals surface area contributed by atoms with Crippen LogP contribution in [0.15, 0.2) is 45.8 Å². The predicted octanol–water partition coefficient (Wildman–Crippen LogP) is 3.75. The number of hydrogen-bond acceptors (Lipinski definition) is 5. The van der Waals surface area contributed by atoms with E-state index in [-0.39, 0.29) is 22.7 Å². The summed E-state index contributed by atoms with van der Waals surface area (Å²) in [5, 5.41) is 3.00. The quantitative estimate of drug-likeness (QED) is 0.768. The van der Waals surface area contributed by atoms with Gasteiger partial charge in [-0.15, -0.1) is 0 Å². The van der Waals surface area contributed by atoms with Crippen molar-refractivity contribution in [2.24, 2.45) is 5.92 Å². The molecule has 172 valence electrons. The molecule has 0 radical (unpaired) electrons. The van der Waals surface area contributed by atoms with E-state index in [9.17, 15) is 9.59 Å². The standard InChI is InChI=1S/C25H33N3O4/c1-25(2,3)26-24(30)28-10-8-18(9-11-28)16-32-23-17-31-21(12-22(23)29)15-27-13-19-6-4-5-7-20(19)14-27/h4-7,12,17-18H,8-11,13-16H2,1-3H3,(H,26,30). The van der Waals surface area contributed by atoms with Gasteiger partial charge in [0.1, 0.15) is 12.0 Å². The van der Waals surface area contributed by atoms with E-state index in [0.29, 0.717) is 37.9 Å². The molecule has 0 bridgehead atoms. The van der Waals surface area contributed by atoms with Gasteiger partial charge in [0.25, 0.3) is 0 Å². The molecule has 2 aliphatic rings. The first-order valence-electron chi connectivity index (χ1n) is 11.4. The zero-order valence-electron chi connectivity index (χ0n) is 19.2. The van der Waals surface area contributed by atoms with Crippen LogP contribution in [-0.2, 0) is 19.6 Å². The maximum atomic E-state index is 12.5. The number of piperidine rings is 1. The Balaban J connectivity index is 1.24. The third kappa shape index (κ3) is 5.71. The Labute approximate surface area is 189 Å². The summed E-state index contributed by atoms with van der Waals surface area (Å²) in [6.07, 6.45) is 3.15. The maximum absolute atomic E-state index is 12.5. The van der Waals surface area contributed by atoms with Crippen LogP contribution in [0, 0.1) is 5.92 Å². The van der Waals surface area contributed by atoms with E-state index in [0.717, 1.165) is 25.9 Å². The molecule has 1 N–H and O–H groups in total. The number of carbonyl (C=O) groups is 1. The minimum absolute atomic E-state index is 0.0193.